The molecule has 1 rings (SSSR count). The standard InChI is InChI=1S/C6H8BrNO/c7-4-1-2-6-3-5-9-8-6/h3,5H,1-2,4H2. The number of alkyl halides is 1. The zero-order chi connectivity index (χ0) is 6.53. The van der Waals surface area contributed by atoms with Crippen molar-refractivity contribution in [1.29, 1.82) is 0 Å². The number of rotatable bonds is 3. The first kappa shape index (κ1) is 6.81. The largest absolute Gasteiger partial charge is 0.365 e. The van der Waals surface area contributed by atoms with Gasteiger partial charge in [-0.3, -0.25) is 0 Å². The van der Waals surface area contributed by atoms with Gasteiger partial charge in [0, 0.05) is 11.4 Å². The molecular formula is C6H8BrNO. The van der Waals surface area contributed by atoms with Gasteiger partial charge in [-0.25, -0.2) is 0 Å². The lowest BCUT2D eigenvalue weighted by atomic mass is 10.3. The molecule has 0 radical (unpaired) electrons. The SMILES string of the molecule is BrCCCc1ccon1. The Morgan fingerprint density at radius 2 is 2.56 bits per heavy atom. The molecule has 3 heteroatoms. The molecule has 0 saturated heterocycles. The van der Waals surface area contributed by atoms with Crippen molar-refractivity contribution in [2.24, 2.45) is 0 Å². The maximum atomic E-state index is 4.65. The van der Waals surface area contributed by atoms with Crippen LogP contribution in [0.2, 0.25) is 0 Å². The summed E-state index contributed by atoms with van der Waals surface area (Å²) in [4.78, 5) is 0. The molecule has 0 unspecified atom stereocenters. The molecule has 0 bridgehead atoms. The van der Waals surface area contributed by atoms with E-state index in [4.69, 9.17) is 0 Å². The normalized spacial score (nSPS) is 9.89. The second-order valence-corrected chi connectivity index (χ2v) is 2.58. The number of aromatic nitrogens is 1. The average Bonchev–Trinajstić information content (AvgIpc) is 2.34. The zero-order valence-corrected chi connectivity index (χ0v) is 6.60. The van der Waals surface area contributed by atoms with E-state index in [1.54, 1.807) is 6.26 Å². The van der Waals surface area contributed by atoms with E-state index in [-0.39, 0.29) is 0 Å². The van der Waals surface area contributed by atoms with Crippen molar-refractivity contribution >= 4 is 15.9 Å². The van der Waals surface area contributed by atoms with Gasteiger partial charge in [0.05, 0.1) is 5.69 Å². The summed E-state index contributed by atoms with van der Waals surface area (Å²) >= 11 is 3.34. The van der Waals surface area contributed by atoms with E-state index in [0.717, 1.165) is 23.9 Å². The molecule has 0 N–H and O–H groups in total. The van der Waals surface area contributed by atoms with E-state index >= 15 is 0 Å². The van der Waals surface area contributed by atoms with Crippen LogP contribution in [0.1, 0.15) is 12.1 Å². The van der Waals surface area contributed by atoms with Gasteiger partial charge in [-0.1, -0.05) is 21.1 Å². The number of hydrogen-bond donors (Lipinski definition) is 0. The number of hydrogen-bond acceptors (Lipinski definition) is 2. The highest BCUT2D eigenvalue weighted by Crippen LogP contribution is 2.00. The predicted molar refractivity (Wildman–Crippen MR) is 38.6 cm³/mol. The molecule has 0 aliphatic carbocycles. The van der Waals surface area contributed by atoms with Gasteiger partial charge in [-0.15, -0.1) is 0 Å². The highest BCUT2D eigenvalue weighted by molar-refractivity contribution is 9.09. The van der Waals surface area contributed by atoms with E-state index in [9.17, 15) is 0 Å². The monoisotopic (exact) mass is 189 g/mol. The van der Waals surface area contributed by atoms with Crippen molar-refractivity contribution in [2.45, 2.75) is 12.8 Å². The Kier molecular flexibility index (Phi) is 2.77. The Morgan fingerprint density at radius 1 is 1.67 bits per heavy atom. The van der Waals surface area contributed by atoms with Gasteiger partial charge in [0.15, 0.2) is 0 Å². The molecule has 0 saturated carbocycles. The van der Waals surface area contributed by atoms with Gasteiger partial charge >= 0.3 is 0 Å². The van der Waals surface area contributed by atoms with Crippen molar-refractivity contribution in [3.05, 3.63) is 18.0 Å². The average molecular weight is 190 g/mol. The van der Waals surface area contributed by atoms with Crippen molar-refractivity contribution in [2.75, 3.05) is 5.33 Å². The molecule has 0 spiro atoms. The molecule has 0 atom stereocenters. The second kappa shape index (κ2) is 3.67. The molecular weight excluding hydrogens is 182 g/mol. The van der Waals surface area contributed by atoms with Crippen LogP contribution in [0.5, 0.6) is 0 Å². The fraction of sp³-hybridized carbons (Fsp3) is 0.500. The molecule has 50 valence electrons. The number of nitrogens with zero attached hydrogens (tertiary/aromatic N) is 1. The zero-order valence-electron chi connectivity index (χ0n) is 5.01. The summed E-state index contributed by atoms with van der Waals surface area (Å²) in [7, 11) is 0. The minimum absolute atomic E-state index is 1.00. The molecule has 1 aromatic heterocycles. The molecule has 1 heterocycles. The quantitative estimate of drug-likeness (QED) is 0.681. The Labute approximate surface area is 62.4 Å². The van der Waals surface area contributed by atoms with Gasteiger partial charge in [0.1, 0.15) is 6.26 Å². The molecule has 2 nitrogen and oxygen atoms in total. The molecule has 0 amide bonds. The van der Waals surface area contributed by atoms with Gasteiger partial charge < -0.3 is 4.52 Å². The Morgan fingerprint density at radius 3 is 3.11 bits per heavy atom. The van der Waals surface area contributed by atoms with Crippen LogP contribution in [-0.2, 0) is 6.42 Å². The summed E-state index contributed by atoms with van der Waals surface area (Å²) in [6.45, 7) is 0. The molecule has 0 aliphatic heterocycles. The Bertz CT molecular complexity index is 150. The maximum absolute atomic E-state index is 4.65. The topological polar surface area (TPSA) is 26.0 Å². The van der Waals surface area contributed by atoms with Crippen LogP contribution < -0.4 is 0 Å². The number of aryl methyl sites for hydroxylation is 1. The van der Waals surface area contributed by atoms with Crippen LogP contribution in [0, 0.1) is 0 Å². The summed E-state index contributed by atoms with van der Waals surface area (Å²) in [6.07, 6.45) is 3.72. The van der Waals surface area contributed by atoms with Crippen LogP contribution >= 0.6 is 15.9 Å². The van der Waals surface area contributed by atoms with Crippen LogP contribution in [0.25, 0.3) is 0 Å². The van der Waals surface area contributed by atoms with Crippen LogP contribution in [-0.4, -0.2) is 10.5 Å². The van der Waals surface area contributed by atoms with Crippen LogP contribution in [0.15, 0.2) is 16.9 Å². The lowest BCUT2D eigenvalue weighted by Crippen LogP contribution is -1.83. The first-order chi connectivity index (χ1) is 4.43. The summed E-state index contributed by atoms with van der Waals surface area (Å²) in [5.41, 5.74) is 1.04. The Balaban J connectivity index is 2.30. The molecule has 9 heavy (non-hydrogen) atoms. The summed E-state index contributed by atoms with van der Waals surface area (Å²) in [5.74, 6) is 0. The van der Waals surface area contributed by atoms with Gasteiger partial charge in [-0.2, -0.15) is 0 Å². The first-order valence-corrected chi connectivity index (χ1v) is 4.01. The lowest BCUT2D eigenvalue weighted by molar-refractivity contribution is 0.411. The highest BCUT2D eigenvalue weighted by atomic mass is 79.9. The fourth-order valence-electron chi connectivity index (χ4n) is 0.614. The van der Waals surface area contributed by atoms with Gasteiger partial charge in [0.25, 0.3) is 0 Å². The summed E-state index contributed by atoms with van der Waals surface area (Å²) in [6, 6.07) is 1.89. The smallest absolute Gasteiger partial charge is 0.124 e. The molecule has 0 aromatic carbocycles. The first-order valence-electron chi connectivity index (χ1n) is 2.88. The van der Waals surface area contributed by atoms with Crippen molar-refractivity contribution < 1.29 is 4.52 Å². The molecule has 0 aliphatic rings. The van der Waals surface area contributed by atoms with Crippen LogP contribution in [0.3, 0.4) is 0 Å². The fourth-order valence-corrected chi connectivity index (χ4v) is 0.895. The van der Waals surface area contributed by atoms with E-state index in [0.29, 0.717) is 0 Å². The van der Waals surface area contributed by atoms with E-state index in [1.165, 1.54) is 0 Å². The third kappa shape index (κ3) is 2.18. The van der Waals surface area contributed by atoms with E-state index in [1.807, 2.05) is 6.07 Å². The minimum atomic E-state index is 1.00. The van der Waals surface area contributed by atoms with Crippen molar-refractivity contribution in [3.63, 3.8) is 0 Å². The third-order valence-electron chi connectivity index (χ3n) is 1.06. The third-order valence-corrected chi connectivity index (χ3v) is 1.62. The van der Waals surface area contributed by atoms with Crippen LogP contribution in [0.4, 0.5) is 0 Å². The van der Waals surface area contributed by atoms with E-state index in [2.05, 4.69) is 25.6 Å². The lowest BCUT2D eigenvalue weighted by Gasteiger charge is -1.87. The van der Waals surface area contributed by atoms with E-state index < -0.39 is 0 Å². The summed E-state index contributed by atoms with van der Waals surface area (Å²) < 4.78 is 4.65. The van der Waals surface area contributed by atoms with Crippen molar-refractivity contribution in [1.82, 2.24) is 5.16 Å². The maximum Gasteiger partial charge on any atom is 0.124 e. The Hall–Kier alpha value is -0.310. The van der Waals surface area contributed by atoms with Crippen molar-refractivity contribution in [3.8, 4) is 0 Å². The highest BCUT2D eigenvalue weighted by Gasteiger charge is 1.92. The minimum Gasteiger partial charge on any atom is -0.365 e. The summed E-state index contributed by atoms with van der Waals surface area (Å²) in [5, 5.41) is 4.79. The molecule has 1 aromatic rings. The van der Waals surface area contributed by atoms with Gasteiger partial charge in [0.2, 0.25) is 0 Å². The second-order valence-electron chi connectivity index (χ2n) is 1.78. The predicted octanol–water partition coefficient (Wildman–Crippen LogP) is 2.00. The number of halogens is 1. The molecule has 0 fully saturated rings. The van der Waals surface area contributed by atoms with Gasteiger partial charge in [-0.05, 0) is 12.8 Å².